The summed E-state index contributed by atoms with van der Waals surface area (Å²) in [6.45, 7) is 12.0. The third-order valence-electron chi connectivity index (χ3n) is 13.7. The summed E-state index contributed by atoms with van der Waals surface area (Å²) in [6.07, 6.45) is 12.8. The summed E-state index contributed by atoms with van der Waals surface area (Å²) in [4.78, 5) is 55.6. The average Bonchev–Trinajstić information content (AvgIpc) is 3.83. The van der Waals surface area contributed by atoms with Crippen molar-refractivity contribution in [3.63, 3.8) is 0 Å². The molecular weight excluding hydrogens is 600 g/mol. The summed E-state index contributed by atoms with van der Waals surface area (Å²) in [6, 6.07) is 1.35. The summed E-state index contributed by atoms with van der Waals surface area (Å²) >= 11 is 0. The minimum Gasteiger partial charge on any atom is -0.453 e. The first-order chi connectivity index (χ1) is 22.6. The Hall–Kier alpha value is -2.60. The molecule has 0 aromatic rings. The molecule has 8 rings (SSSR count). The number of ether oxygens (including phenoxy) is 2. The summed E-state index contributed by atoms with van der Waals surface area (Å²) in [5, 5.41) is 6.02. The lowest BCUT2D eigenvalue weighted by Gasteiger charge is -2.52. The van der Waals surface area contributed by atoms with Gasteiger partial charge in [-0.1, -0.05) is 0 Å². The molecule has 47 heavy (non-hydrogen) atoms. The minimum atomic E-state index is -0.177. The second-order valence-electron chi connectivity index (χ2n) is 16.6. The van der Waals surface area contributed by atoms with Gasteiger partial charge in [-0.2, -0.15) is 0 Å². The zero-order chi connectivity index (χ0) is 32.9. The van der Waals surface area contributed by atoms with E-state index in [1.54, 1.807) is 0 Å². The van der Waals surface area contributed by atoms with E-state index in [0.717, 1.165) is 117 Å². The third kappa shape index (κ3) is 6.57. The number of carbonyl (C=O) groups excluding carboxylic acids is 4. The van der Waals surface area contributed by atoms with Gasteiger partial charge in [0.15, 0.2) is 0 Å². The molecule has 6 heterocycles. The SMILES string of the molecule is CCOC(=O)N1CCC2(CC(N3CCC4(CC3)CNC(=O)C4)C2)C1.COC(=O)N1CCC2(CC(N3CCC4(CC3)CNC(=O)C4)C2)C1. The molecule has 0 bridgehead atoms. The quantitative estimate of drug-likeness (QED) is 0.476. The fourth-order valence-electron chi connectivity index (χ4n) is 10.5. The lowest BCUT2D eigenvalue weighted by atomic mass is 9.63. The van der Waals surface area contributed by atoms with Crippen molar-refractivity contribution in [3.8, 4) is 0 Å². The van der Waals surface area contributed by atoms with Crippen molar-refractivity contribution in [2.45, 2.75) is 96.1 Å². The summed E-state index contributed by atoms with van der Waals surface area (Å²) < 4.78 is 9.98. The maximum absolute atomic E-state index is 11.9. The van der Waals surface area contributed by atoms with Crippen LogP contribution < -0.4 is 10.6 Å². The zero-order valence-electron chi connectivity index (χ0n) is 28.7. The fraction of sp³-hybridized carbons (Fsp3) is 0.886. The molecule has 12 nitrogen and oxygen atoms in total. The van der Waals surface area contributed by atoms with Crippen LogP contribution in [-0.4, -0.2) is 135 Å². The van der Waals surface area contributed by atoms with E-state index in [0.29, 0.717) is 29.5 Å². The van der Waals surface area contributed by atoms with E-state index in [1.807, 2.05) is 16.7 Å². The van der Waals surface area contributed by atoms with Crippen LogP contribution in [0.2, 0.25) is 0 Å². The van der Waals surface area contributed by atoms with Crippen LogP contribution in [0, 0.1) is 21.7 Å². The number of hydrogen-bond donors (Lipinski definition) is 2. The first kappa shape index (κ1) is 32.9. The molecule has 8 aliphatic rings. The molecule has 0 radical (unpaired) electrons. The second kappa shape index (κ2) is 12.7. The van der Waals surface area contributed by atoms with Crippen LogP contribution in [0.15, 0.2) is 0 Å². The normalized spacial score (nSPS) is 35.8. The van der Waals surface area contributed by atoms with Gasteiger partial charge in [0.1, 0.15) is 0 Å². The number of amides is 4. The first-order valence-corrected chi connectivity index (χ1v) is 18.3. The van der Waals surface area contributed by atoms with Crippen molar-refractivity contribution < 1.29 is 28.7 Å². The third-order valence-corrected chi connectivity index (χ3v) is 13.7. The van der Waals surface area contributed by atoms with Gasteiger partial charge >= 0.3 is 12.2 Å². The van der Waals surface area contributed by atoms with Gasteiger partial charge in [0.05, 0.1) is 13.7 Å². The topological polar surface area (TPSA) is 124 Å². The Morgan fingerprint density at radius 3 is 1.43 bits per heavy atom. The number of rotatable bonds is 3. The number of likely N-dealkylation sites (tertiary alicyclic amines) is 4. The molecule has 262 valence electrons. The predicted molar refractivity (Wildman–Crippen MR) is 174 cm³/mol. The van der Waals surface area contributed by atoms with Crippen molar-refractivity contribution in [1.29, 1.82) is 0 Å². The number of nitrogens with zero attached hydrogens (tertiary/aromatic N) is 4. The highest BCUT2D eigenvalue weighted by molar-refractivity contribution is 5.79. The van der Waals surface area contributed by atoms with Crippen molar-refractivity contribution in [1.82, 2.24) is 30.2 Å². The zero-order valence-corrected chi connectivity index (χ0v) is 28.7. The van der Waals surface area contributed by atoms with E-state index in [1.165, 1.54) is 32.8 Å². The molecular formula is C35H56N6O6. The van der Waals surface area contributed by atoms with Gasteiger partial charge in [0.2, 0.25) is 11.8 Å². The van der Waals surface area contributed by atoms with Crippen molar-refractivity contribution in [2.75, 3.05) is 79.2 Å². The molecule has 0 unspecified atom stereocenters. The maximum atomic E-state index is 11.9. The van der Waals surface area contributed by atoms with E-state index >= 15 is 0 Å². The maximum Gasteiger partial charge on any atom is 0.409 e. The second-order valence-corrected chi connectivity index (χ2v) is 16.6. The highest BCUT2D eigenvalue weighted by Crippen LogP contribution is 2.53. The molecule has 4 amide bonds. The van der Waals surface area contributed by atoms with Crippen LogP contribution in [0.4, 0.5) is 9.59 Å². The number of piperidine rings is 2. The van der Waals surface area contributed by atoms with E-state index in [2.05, 4.69) is 20.4 Å². The van der Waals surface area contributed by atoms with Crippen LogP contribution in [0.5, 0.6) is 0 Å². The molecule has 6 aliphatic heterocycles. The van der Waals surface area contributed by atoms with E-state index in [4.69, 9.17) is 9.47 Å². The van der Waals surface area contributed by atoms with Gasteiger partial charge in [0, 0.05) is 64.2 Å². The molecule has 2 N–H and O–H groups in total. The minimum absolute atomic E-state index is 0.142. The van der Waals surface area contributed by atoms with Crippen LogP contribution in [-0.2, 0) is 19.1 Å². The molecule has 0 atom stereocenters. The highest BCUT2D eigenvalue weighted by Gasteiger charge is 2.54. The monoisotopic (exact) mass is 656 g/mol. The van der Waals surface area contributed by atoms with Gasteiger partial charge in [-0.25, -0.2) is 9.59 Å². The smallest absolute Gasteiger partial charge is 0.409 e. The van der Waals surface area contributed by atoms with Gasteiger partial charge in [-0.05, 0) is 119 Å². The molecule has 4 spiro atoms. The van der Waals surface area contributed by atoms with Crippen LogP contribution in [0.1, 0.15) is 84.0 Å². The number of carbonyl (C=O) groups is 4. The molecule has 6 saturated heterocycles. The first-order valence-electron chi connectivity index (χ1n) is 18.3. The Balaban J connectivity index is 0.000000150. The number of hydrogen-bond acceptors (Lipinski definition) is 8. The van der Waals surface area contributed by atoms with Crippen LogP contribution in [0.25, 0.3) is 0 Å². The molecule has 12 heteroatoms. The van der Waals surface area contributed by atoms with E-state index < -0.39 is 0 Å². The van der Waals surface area contributed by atoms with Crippen LogP contribution >= 0.6 is 0 Å². The van der Waals surface area contributed by atoms with Gasteiger partial charge in [0.25, 0.3) is 0 Å². The highest BCUT2D eigenvalue weighted by atomic mass is 16.6. The summed E-state index contributed by atoms with van der Waals surface area (Å²) in [5.74, 6) is 0.464. The predicted octanol–water partition coefficient (Wildman–Crippen LogP) is 2.81. The fourth-order valence-corrected chi connectivity index (χ4v) is 10.5. The van der Waals surface area contributed by atoms with E-state index in [-0.39, 0.29) is 34.8 Å². The van der Waals surface area contributed by atoms with Crippen molar-refractivity contribution in [3.05, 3.63) is 0 Å². The Morgan fingerprint density at radius 1 is 0.660 bits per heavy atom. The summed E-state index contributed by atoms with van der Waals surface area (Å²) in [7, 11) is 1.46. The van der Waals surface area contributed by atoms with E-state index in [9.17, 15) is 19.2 Å². The standard InChI is InChI=1S/C18H29N3O3.C17H27N3O3/c1-2-24-16(23)21-8-5-18(13-21)9-14(10-18)20-6-3-17(4-7-20)11-15(22)19-12-17;1-23-15(22)20-7-4-17(12-20)8-13(9-17)19-5-2-16(3-6-19)10-14(21)18-11-16/h14H,2-13H2,1H3,(H,19,22);13H,2-12H2,1H3,(H,18,21). The molecule has 8 fully saturated rings. The number of methoxy groups -OCH3 is 1. The largest absolute Gasteiger partial charge is 0.453 e. The lowest BCUT2D eigenvalue weighted by Crippen LogP contribution is -2.55. The molecule has 0 aromatic carbocycles. The molecule has 2 saturated carbocycles. The lowest BCUT2D eigenvalue weighted by molar-refractivity contribution is -0.120. The number of nitrogens with one attached hydrogen (secondary N) is 2. The Morgan fingerprint density at radius 2 is 1.06 bits per heavy atom. The Bertz CT molecular complexity index is 1210. The Labute approximate surface area is 279 Å². The Kier molecular flexibility index (Phi) is 8.89. The van der Waals surface area contributed by atoms with Gasteiger partial charge < -0.3 is 39.7 Å². The van der Waals surface area contributed by atoms with Crippen molar-refractivity contribution in [2.24, 2.45) is 21.7 Å². The average molecular weight is 657 g/mol. The molecule has 0 aromatic heterocycles. The van der Waals surface area contributed by atoms with Gasteiger partial charge in [-0.3, -0.25) is 9.59 Å². The van der Waals surface area contributed by atoms with Gasteiger partial charge in [-0.15, -0.1) is 0 Å². The molecule has 2 aliphatic carbocycles. The van der Waals surface area contributed by atoms with Crippen molar-refractivity contribution >= 4 is 24.0 Å². The summed E-state index contributed by atoms with van der Waals surface area (Å²) in [5.41, 5.74) is 1.17. The van der Waals surface area contributed by atoms with Crippen LogP contribution in [0.3, 0.4) is 0 Å².